The van der Waals surface area contributed by atoms with Gasteiger partial charge in [-0.25, -0.2) is 4.21 Å². The van der Waals surface area contributed by atoms with Crippen LogP contribution < -0.4 is 0 Å². The van der Waals surface area contributed by atoms with Crippen molar-refractivity contribution in [3.63, 3.8) is 0 Å². The molecule has 0 radical (unpaired) electrons. The molecule has 0 amide bonds. The maximum Gasteiger partial charge on any atom is 0.174 e. The summed E-state index contributed by atoms with van der Waals surface area (Å²) in [6, 6.07) is 0. The number of hydrogen-bond acceptors (Lipinski definition) is 1. The molecular formula is C11H23NOP4S. The molecule has 1 aliphatic heterocycles. The van der Waals surface area contributed by atoms with Gasteiger partial charge in [0.1, 0.15) is 0 Å². The average Bonchev–Trinajstić information content (AvgIpc) is 2.53. The molecule has 1 rings (SSSR count). The zero-order chi connectivity index (χ0) is 14.3. The van der Waals surface area contributed by atoms with Crippen LogP contribution in [0.25, 0.3) is 0 Å². The first-order valence-electron chi connectivity index (χ1n) is 5.77. The van der Waals surface area contributed by atoms with E-state index in [-0.39, 0.29) is 10.8 Å². The Hall–Kier alpha value is 1.28. The Kier molecular flexibility index (Phi) is 5.73. The number of nitrogens with zero attached hydrogens (tertiary/aromatic N) is 1. The zero-order valence-corrected chi connectivity index (χ0v) is 16.9. The molecule has 0 aliphatic carbocycles. The normalized spacial score (nSPS) is 24.0. The molecule has 5 unspecified atom stereocenters. The first kappa shape index (κ1) is 17.3. The fourth-order valence-corrected chi connectivity index (χ4v) is 9.67. The van der Waals surface area contributed by atoms with E-state index in [1.54, 1.807) is 0 Å². The standard InChI is InChI=1S/C11H23NOP4S/c1-10(2,3)7-8(11(4,5)6)12-18(13)9(7)17(15)16-14/h16H,14-15H2,1-6H3. The van der Waals surface area contributed by atoms with Gasteiger partial charge < -0.3 is 0 Å². The Morgan fingerprint density at radius 3 is 2.00 bits per heavy atom. The van der Waals surface area contributed by atoms with Crippen LogP contribution in [-0.4, -0.2) is 9.92 Å². The van der Waals surface area contributed by atoms with Crippen molar-refractivity contribution in [2.45, 2.75) is 41.5 Å². The van der Waals surface area contributed by atoms with Crippen molar-refractivity contribution in [2.75, 3.05) is 0 Å². The van der Waals surface area contributed by atoms with Crippen LogP contribution in [-0.2, 0) is 11.0 Å². The molecule has 0 aromatic heterocycles. The van der Waals surface area contributed by atoms with Crippen molar-refractivity contribution in [1.29, 1.82) is 0 Å². The van der Waals surface area contributed by atoms with Gasteiger partial charge in [-0.2, -0.15) is 4.40 Å². The van der Waals surface area contributed by atoms with Crippen LogP contribution in [0, 0.1) is 10.8 Å². The van der Waals surface area contributed by atoms with Crippen molar-refractivity contribution in [3.8, 4) is 0 Å². The van der Waals surface area contributed by atoms with Gasteiger partial charge in [0, 0.05) is 5.41 Å². The van der Waals surface area contributed by atoms with E-state index in [0.29, 0.717) is 7.96 Å². The van der Waals surface area contributed by atoms with Gasteiger partial charge >= 0.3 is 0 Å². The Balaban J connectivity index is 3.47. The molecule has 0 aromatic rings. The lowest BCUT2D eigenvalue weighted by molar-refractivity contribution is 0.503. The SMILES string of the molecule is CC(C)(C)C1=NS(=O)C(P(P)PP)=C1C(C)(C)C. The summed E-state index contributed by atoms with van der Waals surface area (Å²) >= 11 is 0. The van der Waals surface area contributed by atoms with E-state index >= 15 is 0 Å². The van der Waals surface area contributed by atoms with Crippen molar-refractivity contribution in [3.05, 3.63) is 10.2 Å². The minimum absolute atomic E-state index is 0.00488. The lowest BCUT2D eigenvalue weighted by Gasteiger charge is -2.30. The molecule has 7 heteroatoms. The molecule has 0 fully saturated rings. The van der Waals surface area contributed by atoms with Crippen molar-refractivity contribution >= 4 is 49.8 Å². The predicted octanol–water partition coefficient (Wildman–Crippen LogP) is 5.06. The second kappa shape index (κ2) is 5.95. The fourth-order valence-electron chi connectivity index (χ4n) is 1.81. The zero-order valence-electron chi connectivity index (χ0n) is 11.9. The van der Waals surface area contributed by atoms with Crippen molar-refractivity contribution in [1.82, 2.24) is 0 Å². The lowest BCUT2D eigenvalue weighted by atomic mass is 9.76. The number of allylic oxidation sites excluding steroid dienone is 1. The van der Waals surface area contributed by atoms with E-state index in [0.717, 1.165) is 10.4 Å². The highest BCUT2D eigenvalue weighted by Crippen LogP contribution is 2.74. The van der Waals surface area contributed by atoms with Gasteiger partial charge in [0.2, 0.25) is 0 Å². The first-order chi connectivity index (χ1) is 8.00. The van der Waals surface area contributed by atoms with E-state index < -0.39 is 18.3 Å². The summed E-state index contributed by atoms with van der Waals surface area (Å²) in [5.74, 6) is 0. The maximum atomic E-state index is 12.4. The van der Waals surface area contributed by atoms with Crippen LogP contribution in [0.1, 0.15) is 41.5 Å². The maximum absolute atomic E-state index is 12.4. The molecule has 104 valence electrons. The number of rotatable bonds is 2. The van der Waals surface area contributed by atoms with E-state index in [9.17, 15) is 4.21 Å². The second-order valence-corrected chi connectivity index (χ2v) is 16.8. The average molecular weight is 341 g/mol. The highest BCUT2D eigenvalue weighted by Gasteiger charge is 2.40. The molecule has 18 heavy (non-hydrogen) atoms. The predicted molar refractivity (Wildman–Crippen MR) is 96.2 cm³/mol. The van der Waals surface area contributed by atoms with Gasteiger partial charge in [-0.1, -0.05) is 49.5 Å². The second-order valence-electron chi connectivity index (χ2n) is 6.37. The van der Waals surface area contributed by atoms with E-state index in [1.807, 2.05) is 0 Å². The van der Waals surface area contributed by atoms with Crippen LogP contribution in [0.4, 0.5) is 0 Å². The smallest absolute Gasteiger partial charge is 0.174 e. The van der Waals surface area contributed by atoms with Gasteiger partial charge in [0.25, 0.3) is 0 Å². The molecule has 0 saturated heterocycles. The molecule has 0 N–H and O–H groups in total. The molecule has 0 bridgehead atoms. The molecule has 0 saturated carbocycles. The molecule has 2 nitrogen and oxygen atoms in total. The number of hydrogen-bond donors (Lipinski definition) is 0. The molecule has 1 heterocycles. The third kappa shape index (κ3) is 3.68. The molecular weight excluding hydrogens is 318 g/mol. The molecule has 1 aliphatic rings. The summed E-state index contributed by atoms with van der Waals surface area (Å²) in [4.78, 5) is 0. The molecule has 0 spiro atoms. The fraction of sp³-hybridized carbons (Fsp3) is 0.727. The van der Waals surface area contributed by atoms with Gasteiger partial charge in [-0.3, -0.25) is 0 Å². The minimum Gasteiger partial charge on any atom is -0.229 e. The highest BCUT2D eigenvalue weighted by atomic mass is 32.6. The van der Waals surface area contributed by atoms with Crippen LogP contribution in [0.15, 0.2) is 14.6 Å². The monoisotopic (exact) mass is 341 g/mol. The third-order valence-electron chi connectivity index (χ3n) is 2.61. The van der Waals surface area contributed by atoms with Crippen molar-refractivity contribution in [2.24, 2.45) is 15.2 Å². The van der Waals surface area contributed by atoms with Gasteiger partial charge in [-0.05, 0) is 18.3 Å². The third-order valence-corrected chi connectivity index (χ3v) is 15.3. The summed E-state index contributed by atoms with van der Waals surface area (Å²) in [6.45, 7) is 13.0. The largest absolute Gasteiger partial charge is 0.229 e. The molecule has 5 atom stereocenters. The highest BCUT2D eigenvalue weighted by molar-refractivity contribution is 8.64. The van der Waals surface area contributed by atoms with Crippen LogP contribution >= 0.6 is 33.1 Å². The minimum atomic E-state index is -1.17. The Morgan fingerprint density at radius 1 is 1.17 bits per heavy atom. The van der Waals surface area contributed by atoms with Crippen molar-refractivity contribution < 1.29 is 4.21 Å². The van der Waals surface area contributed by atoms with E-state index in [1.165, 1.54) is 5.57 Å². The first-order valence-corrected chi connectivity index (χ1v) is 13.5. The summed E-state index contributed by atoms with van der Waals surface area (Å²) in [5.41, 5.74) is 2.20. The summed E-state index contributed by atoms with van der Waals surface area (Å²) in [7, 11) is 4.77. The summed E-state index contributed by atoms with van der Waals surface area (Å²) < 4.78 is 17.9. The summed E-state index contributed by atoms with van der Waals surface area (Å²) in [6.07, 6.45) is 0. The van der Waals surface area contributed by atoms with E-state index in [2.05, 4.69) is 63.8 Å². The molecule has 0 aromatic carbocycles. The van der Waals surface area contributed by atoms with Crippen LogP contribution in [0.2, 0.25) is 0 Å². The topological polar surface area (TPSA) is 29.4 Å². The Morgan fingerprint density at radius 2 is 1.67 bits per heavy atom. The van der Waals surface area contributed by atoms with Crippen LogP contribution in [0.3, 0.4) is 0 Å². The van der Waals surface area contributed by atoms with Gasteiger partial charge in [0.15, 0.2) is 11.0 Å². The van der Waals surface area contributed by atoms with E-state index in [4.69, 9.17) is 0 Å². The summed E-state index contributed by atoms with van der Waals surface area (Å²) in [5, 5.41) is 0. The van der Waals surface area contributed by atoms with Gasteiger partial charge in [-0.15, -0.1) is 17.9 Å². The Labute approximate surface area is 121 Å². The van der Waals surface area contributed by atoms with Gasteiger partial charge in [0.05, 0.1) is 10.4 Å². The Bertz CT molecular complexity index is 431. The lowest BCUT2D eigenvalue weighted by Crippen LogP contribution is -2.27. The van der Waals surface area contributed by atoms with Crippen LogP contribution in [0.5, 0.6) is 0 Å². The quantitative estimate of drug-likeness (QED) is 0.645.